The van der Waals surface area contributed by atoms with Gasteiger partial charge in [-0.2, -0.15) is 5.10 Å². The summed E-state index contributed by atoms with van der Waals surface area (Å²) >= 11 is 0. The third kappa shape index (κ3) is 2.18. The van der Waals surface area contributed by atoms with Crippen molar-refractivity contribution in [1.29, 1.82) is 0 Å². The van der Waals surface area contributed by atoms with E-state index in [1.165, 1.54) is 0 Å². The molecule has 2 aromatic heterocycles. The number of phenolic OH excluding ortho intramolecular Hbond substituents is 1. The van der Waals surface area contributed by atoms with Crippen molar-refractivity contribution in [2.24, 2.45) is 0 Å². The molecule has 3 aromatic rings. The van der Waals surface area contributed by atoms with Gasteiger partial charge in [-0.05, 0) is 30.3 Å². The van der Waals surface area contributed by atoms with E-state index in [0.29, 0.717) is 28.7 Å². The van der Waals surface area contributed by atoms with Gasteiger partial charge in [-0.25, -0.2) is 4.98 Å². The zero-order chi connectivity index (χ0) is 13.9. The maximum atomic E-state index is 9.90. The number of aromatic amines is 1. The smallest absolute Gasteiger partial charge is 0.185 e. The molecule has 0 fully saturated rings. The van der Waals surface area contributed by atoms with Crippen LogP contribution >= 0.6 is 0 Å². The molecule has 0 bridgehead atoms. The molecule has 3 rings (SSSR count). The number of phenols is 1. The van der Waals surface area contributed by atoms with Gasteiger partial charge in [0.25, 0.3) is 0 Å². The van der Waals surface area contributed by atoms with Crippen molar-refractivity contribution in [1.82, 2.24) is 20.2 Å². The average Bonchev–Trinajstić information content (AvgIpc) is 2.98. The molecule has 20 heavy (non-hydrogen) atoms. The number of hydrogen-bond acceptors (Lipinski definition) is 5. The van der Waals surface area contributed by atoms with E-state index in [2.05, 4.69) is 20.2 Å². The van der Waals surface area contributed by atoms with Crippen LogP contribution in [-0.4, -0.2) is 32.4 Å². The second-order valence-corrected chi connectivity index (χ2v) is 4.11. The van der Waals surface area contributed by atoms with Gasteiger partial charge in [-0.15, -0.1) is 0 Å². The molecule has 6 nitrogen and oxygen atoms in total. The van der Waals surface area contributed by atoms with Gasteiger partial charge in [-0.1, -0.05) is 6.07 Å². The summed E-state index contributed by atoms with van der Waals surface area (Å²) in [6, 6.07) is 10.4. The summed E-state index contributed by atoms with van der Waals surface area (Å²) in [5, 5.41) is 16.8. The van der Waals surface area contributed by atoms with Crippen LogP contribution in [0.5, 0.6) is 11.5 Å². The third-order valence-corrected chi connectivity index (χ3v) is 2.84. The number of ether oxygens (including phenoxy) is 1. The number of pyridine rings is 1. The second kappa shape index (κ2) is 5.00. The van der Waals surface area contributed by atoms with Gasteiger partial charge in [0, 0.05) is 6.20 Å². The zero-order valence-electron chi connectivity index (χ0n) is 10.7. The fraction of sp³-hybridized carbons (Fsp3) is 0.0714. The van der Waals surface area contributed by atoms with Gasteiger partial charge in [0.2, 0.25) is 0 Å². The van der Waals surface area contributed by atoms with Crippen LogP contribution in [0.3, 0.4) is 0 Å². The van der Waals surface area contributed by atoms with E-state index in [9.17, 15) is 5.11 Å². The Balaban J connectivity index is 2.02. The molecule has 6 heteroatoms. The fourth-order valence-corrected chi connectivity index (χ4v) is 1.82. The van der Waals surface area contributed by atoms with Crippen LogP contribution in [0.25, 0.3) is 22.9 Å². The maximum Gasteiger partial charge on any atom is 0.185 e. The van der Waals surface area contributed by atoms with Crippen molar-refractivity contribution in [3.05, 3.63) is 42.6 Å². The van der Waals surface area contributed by atoms with Crippen LogP contribution in [0.2, 0.25) is 0 Å². The Morgan fingerprint density at radius 2 is 2.10 bits per heavy atom. The molecule has 2 heterocycles. The molecule has 0 atom stereocenters. The first-order valence-corrected chi connectivity index (χ1v) is 5.99. The highest BCUT2D eigenvalue weighted by molar-refractivity contribution is 5.67. The van der Waals surface area contributed by atoms with Crippen LogP contribution in [0.15, 0.2) is 42.6 Å². The molecular formula is C14H12N4O2. The highest BCUT2D eigenvalue weighted by Gasteiger charge is 2.13. The lowest BCUT2D eigenvalue weighted by Crippen LogP contribution is -1.87. The van der Waals surface area contributed by atoms with E-state index in [1.54, 1.807) is 31.5 Å². The van der Waals surface area contributed by atoms with Crippen molar-refractivity contribution < 1.29 is 9.84 Å². The van der Waals surface area contributed by atoms with Crippen LogP contribution in [-0.2, 0) is 0 Å². The van der Waals surface area contributed by atoms with Crippen molar-refractivity contribution in [3.63, 3.8) is 0 Å². The molecule has 0 aliphatic rings. The SMILES string of the molecule is COc1ccc(O)c(-c2n[nH]c(-c3ccccn3)n2)c1. The van der Waals surface area contributed by atoms with Crippen LogP contribution < -0.4 is 4.74 Å². The summed E-state index contributed by atoms with van der Waals surface area (Å²) in [6.45, 7) is 0. The van der Waals surface area contributed by atoms with E-state index >= 15 is 0 Å². The molecule has 0 saturated heterocycles. The lowest BCUT2D eigenvalue weighted by atomic mass is 10.2. The Hall–Kier alpha value is -2.89. The average molecular weight is 268 g/mol. The number of aromatic hydroxyl groups is 1. The van der Waals surface area contributed by atoms with Crippen molar-refractivity contribution >= 4 is 0 Å². The van der Waals surface area contributed by atoms with Crippen molar-refractivity contribution in [3.8, 4) is 34.4 Å². The molecule has 0 aliphatic heterocycles. The van der Waals surface area contributed by atoms with E-state index in [1.807, 2.05) is 18.2 Å². The number of benzene rings is 1. The van der Waals surface area contributed by atoms with Gasteiger partial charge in [0.15, 0.2) is 11.6 Å². The summed E-state index contributed by atoms with van der Waals surface area (Å²) in [7, 11) is 1.56. The predicted molar refractivity (Wildman–Crippen MR) is 73.3 cm³/mol. The van der Waals surface area contributed by atoms with Crippen LogP contribution in [0.4, 0.5) is 0 Å². The summed E-state index contributed by atoms with van der Waals surface area (Å²) in [6.07, 6.45) is 1.68. The van der Waals surface area contributed by atoms with Gasteiger partial charge in [0.1, 0.15) is 17.2 Å². The molecule has 0 unspecified atom stereocenters. The Bertz CT molecular complexity index is 725. The highest BCUT2D eigenvalue weighted by Crippen LogP contribution is 2.30. The van der Waals surface area contributed by atoms with Gasteiger partial charge >= 0.3 is 0 Å². The maximum absolute atomic E-state index is 9.90. The molecule has 0 aliphatic carbocycles. The van der Waals surface area contributed by atoms with E-state index in [0.717, 1.165) is 0 Å². The first kappa shape index (κ1) is 12.2. The van der Waals surface area contributed by atoms with Crippen molar-refractivity contribution in [2.75, 3.05) is 7.11 Å². The normalized spacial score (nSPS) is 10.4. The fourth-order valence-electron chi connectivity index (χ4n) is 1.82. The first-order chi connectivity index (χ1) is 9.78. The van der Waals surface area contributed by atoms with Crippen LogP contribution in [0, 0.1) is 0 Å². The number of nitrogens with zero attached hydrogens (tertiary/aromatic N) is 3. The molecule has 0 saturated carbocycles. The topological polar surface area (TPSA) is 83.9 Å². The molecule has 0 amide bonds. The number of H-pyrrole nitrogens is 1. The molecule has 1 aromatic carbocycles. The Kier molecular flexibility index (Phi) is 3.04. The zero-order valence-corrected chi connectivity index (χ0v) is 10.7. The first-order valence-electron chi connectivity index (χ1n) is 5.99. The third-order valence-electron chi connectivity index (χ3n) is 2.84. The minimum Gasteiger partial charge on any atom is -0.507 e. The van der Waals surface area contributed by atoms with Crippen LogP contribution in [0.1, 0.15) is 0 Å². The minimum atomic E-state index is 0.0948. The van der Waals surface area contributed by atoms with Gasteiger partial charge in [0.05, 0.1) is 12.7 Å². The summed E-state index contributed by atoms with van der Waals surface area (Å²) < 4.78 is 5.13. The lowest BCUT2D eigenvalue weighted by molar-refractivity contribution is 0.412. The number of methoxy groups -OCH3 is 1. The monoisotopic (exact) mass is 268 g/mol. The molecular weight excluding hydrogens is 256 g/mol. The quantitative estimate of drug-likeness (QED) is 0.761. The second-order valence-electron chi connectivity index (χ2n) is 4.11. The Morgan fingerprint density at radius 3 is 2.85 bits per heavy atom. The largest absolute Gasteiger partial charge is 0.507 e. The molecule has 2 N–H and O–H groups in total. The summed E-state index contributed by atoms with van der Waals surface area (Å²) in [5.41, 5.74) is 1.19. The Labute approximate surface area is 115 Å². The predicted octanol–water partition coefficient (Wildman–Crippen LogP) is 2.25. The van der Waals surface area contributed by atoms with Gasteiger partial charge < -0.3 is 9.84 Å². The molecule has 0 radical (unpaired) electrons. The summed E-state index contributed by atoms with van der Waals surface area (Å²) in [5.74, 6) is 1.66. The van der Waals surface area contributed by atoms with Crippen molar-refractivity contribution in [2.45, 2.75) is 0 Å². The number of hydrogen-bond donors (Lipinski definition) is 2. The number of rotatable bonds is 3. The lowest BCUT2D eigenvalue weighted by Gasteiger charge is -2.03. The highest BCUT2D eigenvalue weighted by atomic mass is 16.5. The molecule has 100 valence electrons. The number of nitrogens with one attached hydrogen (secondary N) is 1. The van der Waals surface area contributed by atoms with E-state index in [-0.39, 0.29) is 5.75 Å². The van der Waals surface area contributed by atoms with Gasteiger partial charge in [-0.3, -0.25) is 10.1 Å². The minimum absolute atomic E-state index is 0.0948. The Morgan fingerprint density at radius 1 is 1.20 bits per heavy atom. The summed E-state index contributed by atoms with van der Waals surface area (Å²) in [4.78, 5) is 8.53. The van der Waals surface area contributed by atoms with E-state index < -0.39 is 0 Å². The van der Waals surface area contributed by atoms with E-state index in [4.69, 9.17) is 4.74 Å². The standard InChI is InChI=1S/C14H12N4O2/c1-20-9-5-6-12(19)10(8-9)13-16-14(18-17-13)11-4-2-3-7-15-11/h2-8,19H,1H3,(H,16,17,18). The number of aromatic nitrogens is 4. The molecule has 0 spiro atoms.